The van der Waals surface area contributed by atoms with Crippen LogP contribution in [0.4, 0.5) is 0 Å². The Morgan fingerprint density at radius 1 is 1.30 bits per heavy atom. The summed E-state index contributed by atoms with van der Waals surface area (Å²) in [6.45, 7) is 11.6. The van der Waals surface area contributed by atoms with Crippen molar-refractivity contribution in [3.63, 3.8) is 0 Å². The molecule has 2 heterocycles. The van der Waals surface area contributed by atoms with Crippen molar-refractivity contribution < 1.29 is 19.1 Å². The molecule has 2 aliphatic heterocycles. The van der Waals surface area contributed by atoms with E-state index < -0.39 is 6.04 Å². The van der Waals surface area contributed by atoms with Gasteiger partial charge in [0.2, 0.25) is 18.2 Å². The van der Waals surface area contributed by atoms with E-state index in [9.17, 15) is 14.4 Å². The number of nitrogens with zero attached hydrogens (tertiary/aromatic N) is 1. The number of likely N-dealkylation sites (tertiary alicyclic amines) is 1. The number of rotatable bonds is 7. The second kappa shape index (κ2) is 12.3. The summed E-state index contributed by atoms with van der Waals surface area (Å²) in [5.41, 5.74) is 1.21. The fourth-order valence-corrected chi connectivity index (χ4v) is 4.31. The van der Waals surface area contributed by atoms with Crippen molar-refractivity contribution in [1.29, 1.82) is 0 Å². The van der Waals surface area contributed by atoms with Crippen molar-refractivity contribution >= 4 is 30.9 Å². The summed E-state index contributed by atoms with van der Waals surface area (Å²) in [5.74, 6) is 1.31. The molecule has 33 heavy (non-hydrogen) atoms. The number of hydrogen-bond donors (Lipinski definition) is 3. The van der Waals surface area contributed by atoms with Gasteiger partial charge in [-0.15, -0.1) is 0 Å². The molecule has 1 aromatic rings. The highest BCUT2D eigenvalue weighted by Crippen LogP contribution is 2.36. The van der Waals surface area contributed by atoms with Crippen LogP contribution in [0.25, 0.3) is 0 Å². The number of nitrogens with one attached hydrogen (secondary N) is 2. The highest BCUT2D eigenvalue weighted by atomic mass is 32.1. The number of thiol groups is 1. The molecule has 0 bridgehead atoms. The summed E-state index contributed by atoms with van der Waals surface area (Å²) in [6.07, 6.45) is 3.16. The van der Waals surface area contributed by atoms with E-state index in [0.717, 1.165) is 37.1 Å². The average molecular weight is 478 g/mol. The Bertz CT molecular complexity index is 815. The van der Waals surface area contributed by atoms with Gasteiger partial charge in [0.15, 0.2) is 0 Å². The maximum Gasteiger partial charge on any atom is 0.245 e. The molecule has 7 nitrogen and oxygen atoms in total. The van der Waals surface area contributed by atoms with E-state index in [0.29, 0.717) is 18.8 Å². The first kappa shape index (κ1) is 27.0. The number of hydrogen-bond acceptors (Lipinski definition) is 5. The first-order valence-corrected chi connectivity index (χ1v) is 12.4. The van der Waals surface area contributed by atoms with Crippen molar-refractivity contribution in [2.75, 3.05) is 18.9 Å². The van der Waals surface area contributed by atoms with Gasteiger partial charge in [-0.2, -0.15) is 12.6 Å². The SMILES string of the molecule is CC(C)C(=O)NC(CCS)C(=O)N1CCC(C)(C)C1C.O=CNC1CCOc2ccccc21. The lowest BCUT2D eigenvalue weighted by molar-refractivity contribution is -0.138. The molecule has 2 aliphatic rings. The molecule has 0 aromatic heterocycles. The quantitative estimate of drug-likeness (QED) is 0.415. The van der Waals surface area contributed by atoms with Gasteiger partial charge in [-0.1, -0.05) is 45.9 Å². The van der Waals surface area contributed by atoms with E-state index in [2.05, 4.69) is 44.0 Å². The standard InChI is InChI=1S/C15H28N2O2S.C10H11NO2/c1-10(2)13(18)16-12(6-9-20)14(19)17-8-7-15(4,5)11(17)3;12-7-11-9-5-6-13-10-4-2-1-3-8(9)10/h10-12,20H,6-9H2,1-5H3,(H,16,18);1-4,7,9H,5-6H2,(H,11,12). The smallest absolute Gasteiger partial charge is 0.245 e. The summed E-state index contributed by atoms with van der Waals surface area (Å²) < 4.78 is 5.44. The topological polar surface area (TPSA) is 87.7 Å². The maximum atomic E-state index is 12.7. The molecule has 3 unspecified atom stereocenters. The van der Waals surface area contributed by atoms with Crippen molar-refractivity contribution in [2.45, 2.75) is 72.0 Å². The van der Waals surface area contributed by atoms with E-state index in [-0.39, 0.29) is 35.2 Å². The molecule has 8 heteroatoms. The van der Waals surface area contributed by atoms with Crippen LogP contribution in [0, 0.1) is 11.3 Å². The Morgan fingerprint density at radius 3 is 2.58 bits per heavy atom. The van der Waals surface area contributed by atoms with Gasteiger partial charge in [0, 0.05) is 30.5 Å². The molecule has 0 aliphatic carbocycles. The van der Waals surface area contributed by atoms with Crippen LogP contribution in [0.3, 0.4) is 0 Å². The van der Waals surface area contributed by atoms with Crippen LogP contribution in [0.15, 0.2) is 24.3 Å². The molecule has 1 saturated heterocycles. The van der Waals surface area contributed by atoms with E-state index in [4.69, 9.17) is 4.74 Å². The van der Waals surface area contributed by atoms with Crippen LogP contribution in [0.2, 0.25) is 0 Å². The summed E-state index contributed by atoms with van der Waals surface area (Å²) >= 11 is 4.21. The lowest BCUT2D eigenvalue weighted by Gasteiger charge is -2.32. The molecule has 0 saturated carbocycles. The van der Waals surface area contributed by atoms with Crippen molar-refractivity contribution in [3.8, 4) is 5.75 Å². The van der Waals surface area contributed by atoms with Gasteiger partial charge >= 0.3 is 0 Å². The Hall–Kier alpha value is -2.22. The van der Waals surface area contributed by atoms with Gasteiger partial charge in [-0.05, 0) is 37.0 Å². The average Bonchev–Trinajstić information content (AvgIpc) is 3.06. The first-order chi connectivity index (χ1) is 15.6. The third kappa shape index (κ3) is 7.13. The molecule has 0 radical (unpaired) electrons. The van der Waals surface area contributed by atoms with Crippen molar-refractivity contribution in [2.24, 2.45) is 11.3 Å². The third-order valence-corrected chi connectivity index (χ3v) is 6.92. The zero-order chi connectivity index (χ0) is 24.6. The van der Waals surface area contributed by atoms with Crippen LogP contribution >= 0.6 is 12.6 Å². The molecule has 1 aromatic carbocycles. The first-order valence-electron chi connectivity index (χ1n) is 11.8. The lowest BCUT2D eigenvalue weighted by atomic mass is 9.86. The molecule has 3 amide bonds. The Labute approximate surface area is 203 Å². The summed E-state index contributed by atoms with van der Waals surface area (Å²) in [5, 5.41) is 5.64. The minimum atomic E-state index is -0.446. The summed E-state index contributed by atoms with van der Waals surface area (Å²) in [6, 6.07) is 7.66. The normalized spacial score (nSPS) is 21.7. The van der Waals surface area contributed by atoms with Gasteiger partial charge in [0.25, 0.3) is 0 Å². The Kier molecular flexibility index (Phi) is 10.1. The number of carbonyl (C=O) groups is 3. The number of carbonyl (C=O) groups excluding carboxylic acids is 3. The molecule has 3 rings (SSSR count). The largest absolute Gasteiger partial charge is 0.493 e. The Balaban J connectivity index is 0.000000254. The maximum absolute atomic E-state index is 12.7. The predicted molar refractivity (Wildman–Crippen MR) is 133 cm³/mol. The molecule has 3 atom stereocenters. The fourth-order valence-electron chi connectivity index (χ4n) is 4.06. The monoisotopic (exact) mass is 477 g/mol. The lowest BCUT2D eigenvalue weighted by Crippen LogP contribution is -2.51. The highest BCUT2D eigenvalue weighted by molar-refractivity contribution is 7.80. The third-order valence-electron chi connectivity index (χ3n) is 6.66. The second-order valence-corrected chi connectivity index (χ2v) is 10.1. The molecular weight excluding hydrogens is 438 g/mol. The molecule has 1 fully saturated rings. The van der Waals surface area contributed by atoms with Crippen LogP contribution in [0.1, 0.15) is 65.5 Å². The number of fused-ring (bicyclic) bond motifs is 1. The van der Waals surface area contributed by atoms with Crippen LogP contribution in [-0.4, -0.2) is 54.1 Å². The molecule has 184 valence electrons. The van der Waals surface area contributed by atoms with Crippen LogP contribution < -0.4 is 15.4 Å². The number of benzene rings is 1. The summed E-state index contributed by atoms with van der Waals surface area (Å²) in [4.78, 5) is 36.8. The molecule has 2 N–H and O–H groups in total. The van der Waals surface area contributed by atoms with Gasteiger partial charge < -0.3 is 20.3 Å². The van der Waals surface area contributed by atoms with Gasteiger partial charge in [-0.3, -0.25) is 14.4 Å². The highest BCUT2D eigenvalue weighted by Gasteiger charge is 2.41. The number of para-hydroxylation sites is 1. The second-order valence-electron chi connectivity index (χ2n) is 9.69. The molecular formula is C25H39N3O4S. The van der Waals surface area contributed by atoms with E-state index in [1.165, 1.54) is 0 Å². The number of amides is 3. The van der Waals surface area contributed by atoms with Gasteiger partial charge in [-0.25, -0.2) is 0 Å². The van der Waals surface area contributed by atoms with E-state index in [1.807, 2.05) is 43.0 Å². The fraction of sp³-hybridized carbons (Fsp3) is 0.640. The van der Waals surface area contributed by atoms with Gasteiger partial charge in [0.1, 0.15) is 11.8 Å². The Morgan fingerprint density at radius 2 is 2.00 bits per heavy atom. The summed E-state index contributed by atoms with van der Waals surface area (Å²) in [7, 11) is 0. The van der Waals surface area contributed by atoms with Crippen LogP contribution in [-0.2, 0) is 14.4 Å². The minimum absolute atomic E-state index is 0.0334. The zero-order valence-electron chi connectivity index (χ0n) is 20.5. The minimum Gasteiger partial charge on any atom is -0.493 e. The zero-order valence-corrected chi connectivity index (χ0v) is 21.4. The van der Waals surface area contributed by atoms with E-state index in [1.54, 1.807) is 0 Å². The van der Waals surface area contributed by atoms with Crippen molar-refractivity contribution in [1.82, 2.24) is 15.5 Å². The predicted octanol–water partition coefficient (Wildman–Crippen LogP) is 3.35. The van der Waals surface area contributed by atoms with Crippen LogP contribution in [0.5, 0.6) is 5.75 Å². The van der Waals surface area contributed by atoms with Gasteiger partial charge in [0.05, 0.1) is 12.6 Å². The van der Waals surface area contributed by atoms with Crippen molar-refractivity contribution in [3.05, 3.63) is 29.8 Å². The van der Waals surface area contributed by atoms with E-state index >= 15 is 0 Å². The number of ether oxygens (including phenoxy) is 1. The molecule has 0 spiro atoms.